The molecule has 1 aromatic carbocycles. The predicted octanol–water partition coefficient (Wildman–Crippen LogP) is 4.59. The van der Waals surface area contributed by atoms with Crippen LogP contribution in [-0.4, -0.2) is 0 Å². The van der Waals surface area contributed by atoms with Gasteiger partial charge >= 0.3 is 0 Å². The molecule has 0 amide bonds. The number of allylic oxidation sites excluding steroid dienone is 2. The van der Waals surface area contributed by atoms with Crippen molar-refractivity contribution in [2.45, 2.75) is 40.0 Å². The molecule has 1 aromatic rings. The van der Waals surface area contributed by atoms with E-state index in [0.29, 0.717) is 0 Å². The Labute approximate surface area is 87.7 Å². The van der Waals surface area contributed by atoms with Crippen LogP contribution in [0.25, 0.3) is 5.57 Å². The Kier molecular flexibility index (Phi) is 4.45. The summed E-state index contributed by atoms with van der Waals surface area (Å²) in [6.07, 6.45) is 5.89. The first-order valence-corrected chi connectivity index (χ1v) is 5.54. The molecule has 0 aliphatic rings. The molecule has 0 saturated heterocycles. The lowest BCUT2D eigenvalue weighted by molar-refractivity contribution is 0.967. The smallest absolute Gasteiger partial charge is 0.0225 e. The van der Waals surface area contributed by atoms with E-state index in [-0.39, 0.29) is 0 Å². The van der Waals surface area contributed by atoms with E-state index in [1.165, 1.54) is 29.5 Å². The average molecular weight is 188 g/mol. The van der Waals surface area contributed by atoms with Crippen molar-refractivity contribution >= 4 is 5.57 Å². The summed E-state index contributed by atoms with van der Waals surface area (Å²) in [4.78, 5) is 0. The van der Waals surface area contributed by atoms with Gasteiger partial charge in [-0.1, -0.05) is 56.2 Å². The predicted molar refractivity (Wildman–Crippen MR) is 64.4 cm³/mol. The molecule has 0 spiro atoms. The van der Waals surface area contributed by atoms with E-state index in [0.717, 1.165) is 6.42 Å². The highest BCUT2D eigenvalue weighted by atomic mass is 14.0. The van der Waals surface area contributed by atoms with Gasteiger partial charge in [-0.05, 0) is 30.9 Å². The summed E-state index contributed by atoms with van der Waals surface area (Å²) in [6, 6.07) is 8.78. The molecule has 14 heavy (non-hydrogen) atoms. The minimum atomic E-state index is 1.13. The van der Waals surface area contributed by atoms with Crippen LogP contribution in [0.1, 0.15) is 44.2 Å². The van der Waals surface area contributed by atoms with Crippen LogP contribution < -0.4 is 0 Å². The summed E-state index contributed by atoms with van der Waals surface area (Å²) >= 11 is 0. The van der Waals surface area contributed by atoms with Crippen LogP contribution in [0, 0.1) is 6.92 Å². The monoisotopic (exact) mass is 188 g/mol. The normalized spacial score (nSPS) is 11.8. The van der Waals surface area contributed by atoms with Gasteiger partial charge in [-0.15, -0.1) is 0 Å². The number of hydrogen-bond acceptors (Lipinski definition) is 0. The van der Waals surface area contributed by atoms with Crippen molar-refractivity contribution in [3.05, 3.63) is 41.5 Å². The standard InChI is InChI=1S/C14H20/c1-4-7-13(8-5-2)14-10-6-9-12(3)11-14/h6-7,9-11H,4-5,8H2,1-3H3/b13-7+. The molecule has 0 fully saturated rings. The Bertz CT molecular complexity index is 308. The Morgan fingerprint density at radius 1 is 1.29 bits per heavy atom. The van der Waals surface area contributed by atoms with Crippen molar-refractivity contribution in [1.82, 2.24) is 0 Å². The van der Waals surface area contributed by atoms with Crippen molar-refractivity contribution in [3.63, 3.8) is 0 Å². The second-order valence-electron chi connectivity index (χ2n) is 3.76. The maximum atomic E-state index is 2.35. The average Bonchev–Trinajstić information content (AvgIpc) is 2.17. The molecular weight excluding hydrogens is 168 g/mol. The van der Waals surface area contributed by atoms with Gasteiger partial charge in [-0.3, -0.25) is 0 Å². The largest absolute Gasteiger partial charge is 0.0810 e. The molecule has 0 aromatic heterocycles. The molecule has 0 bridgehead atoms. The van der Waals surface area contributed by atoms with Crippen LogP contribution in [0.4, 0.5) is 0 Å². The van der Waals surface area contributed by atoms with Crippen LogP contribution in [0.2, 0.25) is 0 Å². The van der Waals surface area contributed by atoms with Gasteiger partial charge in [0.05, 0.1) is 0 Å². The van der Waals surface area contributed by atoms with Gasteiger partial charge in [0.15, 0.2) is 0 Å². The summed E-state index contributed by atoms with van der Waals surface area (Å²) in [7, 11) is 0. The van der Waals surface area contributed by atoms with Crippen LogP contribution >= 0.6 is 0 Å². The molecular formula is C14H20. The molecule has 0 heteroatoms. The maximum absolute atomic E-state index is 2.35. The number of benzene rings is 1. The fourth-order valence-corrected chi connectivity index (χ4v) is 1.72. The van der Waals surface area contributed by atoms with Crippen molar-refractivity contribution < 1.29 is 0 Å². The fourth-order valence-electron chi connectivity index (χ4n) is 1.72. The molecule has 0 heterocycles. The number of aryl methyl sites for hydroxylation is 1. The van der Waals surface area contributed by atoms with Crippen molar-refractivity contribution in [2.24, 2.45) is 0 Å². The lowest BCUT2D eigenvalue weighted by atomic mass is 9.99. The second-order valence-corrected chi connectivity index (χ2v) is 3.76. The van der Waals surface area contributed by atoms with Gasteiger partial charge < -0.3 is 0 Å². The Morgan fingerprint density at radius 2 is 2.07 bits per heavy atom. The maximum Gasteiger partial charge on any atom is -0.0225 e. The Hall–Kier alpha value is -1.04. The number of rotatable bonds is 4. The molecule has 0 unspecified atom stereocenters. The highest BCUT2D eigenvalue weighted by molar-refractivity contribution is 5.65. The Balaban J connectivity index is 2.93. The van der Waals surface area contributed by atoms with E-state index in [9.17, 15) is 0 Å². The van der Waals surface area contributed by atoms with Gasteiger partial charge in [0.25, 0.3) is 0 Å². The zero-order chi connectivity index (χ0) is 10.4. The summed E-state index contributed by atoms with van der Waals surface area (Å²) in [5, 5.41) is 0. The van der Waals surface area contributed by atoms with E-state index >= 15 is 0 Å². The number of hydrogen-bond donors (Lipinski definition) is 0. The molecule has 0 atom stereocenters. The van der Waals surface area contributed by atoms with E-state index in [4.69, 9.17) is 0 Å². The van der Waals surface area contributed by atoms with Gasteiger partial charge in [-0.25, -0.2) is 0 Å². The summed E-state index contributed by atoms with van der Waals surface area (Å²) in [5.41, 5.74) is 4.24. The highest BCUT2D eigenvalue weighted by Gasteiger charge is 1.99. The quantitative estimate of drug-likeness (QED) is 0.648. The third kappa shape index (κ3) is 3.02. The third-order valence-electron chi connectivity index (χ3n) is 2.36. The highest BCUT2D eigenvalue weighted by Crippen LogP contribution is 2.21. The van der Waals surface area contributed by atoms with Gasteiger partial charge in [-0.2, -0.15) is 0 Å². The Morgan fingerprint density at radius 3 is 2.64 bits per heavy atom. The summed E-state index contributed by atoms with van der Waals surface area (Å²) in [5.74, 6) is 0. The SMILES string of the molecule is CC/C=C(\CCC)c1cccc(C)c1. The van der Waals surface area contributed by atoms with Crippen molar-refractivity contribution in [1.29, 1.82) is 0 Å². The fraction of sp³-hybridized carbons (Fsp3) is 0.429. The molecule has 1 rings (SSSR count). The second kappa shape index (κ2) is 5.64. The van der Waals surface area contributed by atoms with Crippen LogP contribution in [-0.2, 0) is 0 Å². The van der Waals surface area contributed by atoms with Gasteiger partial charge in [0.2, 0.25) is 0 Å². The lowest BCUT2D eigenvalue weighted by Gasteiger charge is -2.07. The van der Waals surface area contributed by atoms with Crippen molar-refractivity contribution in [3.8, 4) is 0 Å². The van der Waals surface area contributed by atoms with Gasteiger partial charge in [0.1, 0.15) is 0 Å². The zero-order valence-electron chi connectivity index (χ0n) is 9.51. The lowest BCUT2D eigenvalue weighted by Crippen LogP contribution is -1.85. The molecule has 76 valence electrons. The molecule has 0 aliphatic heterocycles. The first-order valence-electron chi connectivity index (χ1n) is 5.54. The molecule has 0 radical (unpaired) electrons. The minimum absolute atomic E-state index is 1.13. The van der Waals surface area contributed by atoms with E-state index in [1.54, 1.807) is 0 Å². The molecule has 0 N–H and O–H groups in total. The summed E-state index contributed by atoms with van der Waals surface area (Å²) in [6.45, 7) is 6.59. The van der Waals surface area contributed by atoms with E-state index < -0.39 is 0 Å². The first-order chi connectivity index (χ1) is 6.77. The van der Waals surface area contributed by atoms with E-state index in [2.05, 4.69) is 51.1 Å². The van der Waals surface area contributed by atoms with Crippen molar-refractivity contribution in [2.75, 3.05) is 0 Å². The molecule has 0 aliphatic carbocycles. The van der Waals surface area contributed by atoms with Crippen LogP contribution in [0.3, 0.4) is 0 Å². The zero-order valence-corrected chi connectivity index (χ0v) is 9.51. The van der Waals surface area contributed by atoms with Crippen LogP contribution in [0.5, 0.6) is 0 Å². The molecule has 0 saturated carbocycles. The third-order valence-corrected chi connectivity index (χ3v) is 2.36. The first kappa shape index (κ1) is 11.0. The van der Waals surface area contributed by atoms with Crippen LogP contribution in [0.15, 0.2) is 30.3 Å². The summed E-state index contributed by atoms with van der Waals surface area (Å²) < 4.78 is 0. The minimum Gasteiger partial charge on any atom is -0.0810 e. The van der Waals surface area contributed by atoms with Gasteiger partial charge in [0, 0.05) is 0 Å². The molecule has 0 nitrogen and oxygen atoms in total. The van der Waals surface area contributed by atoms with E-state index in [1.807, 2.05) is 0 Å². The topological polar surface area (TPSA) is 0 Å².